The van der Waals surface area contributed by atoms with Crippen molar-refractivity contribution >= 4 is 17.5 Å². The number of benzene rings is 2. The zero-order valence-corrected chi connectivity index (χ0v) is 16.3. The molecule has 2 aliphatic rings. The van der Waals surface area contributed by atoms with Gasteiger partial charge in [0.2, 0.25) is 5.95 Å². The molecule has 2 fully saturated rings. The first-order chi connectivity index (χ1) is 14.2. The van der Waals surface area contributed by atoms with E-state index in [0.29, 0.717) is 6.04 Å². The number of halogens is 1. The average Bonchev–Trinajstić information content (AvgIpc) is 3.59. The summed E-state index contributed by atoms with van der Waals surface area (Å²) in [5, 5.41) is 3.52. The number of anilines is 3. The highest BCUT2D eigenvalue weighted by atomic mass is 19.1. The Bertz CT molecular complexity index is 964. The molecule has 3 aromatic rings. The Kier molecular flexibility index (Phi) is 4.76. The molecule has 6 heteroatoms. The zero-order chi connectivity index (χ0) is 19.6. The number of aromatic nitrogens is 2. The molecular formula is C23H24FN5. The maximum absolute atomic E-state index is 13.2. The fraction of sp³-hybridized carbons (Fsp3) is 0.304. The highest BCUT2D eigenvalue weighted by Gasteiger charge is 2.24. The Morgan fingerprint density at radius 3 is 2.21 bits per heavy atom. The van der Waals surface area contributed by atoms with E-state index in [1.807, 2.05) is 36.4 Å². The van der Waals surface area contributed by atoms with Gasteiger partial charge in [-0.3, -0.25) is 0 Å². The van der Waals surface area contributed by atoms with Crippen LogP contribution in [0, 0.1) is 5.82 Å². The topological polar surface area (TPSA) is 44.3 Å². The van der Waals surface area contributed by atoms with Gasteiger partial charge in [-0.15, -0.1) is 0 Å². The third-order valence-corrected chi connectivity index (χ3v) is 5.47. The predicted octanol–water partition coefficient (Wildman–Crippen LogP) is 4.18. The van der Waals surface area contributed by atoms with Crippen LogP contribution in [0.15, 0.2) is 60.7 Å². The minimum absolute atomic E-state index is 0.200. The van der Waals surface area contributed by atoms with Crippen LogP contribution in [0.25, 0.3) is 11.3 Å². The standard InChI is InChI=1S/C23H24FN5/c24-18-6-10-20(11-7-18)28-12-14-29(15-13-28)23-26-21(17-4-2-1-3-5-17)16-22(27-23)25-19-8-9-19/h1-7,10-11,16,19H,8-9,12-15H2,(H,25,26,27). The van der Waals surface area contributed by atoms with Crippen LogP contribution in [0.4, 0.5) is 21.8 Å². The Morgan fingerprint density at radius 2 is 1.52 bits per heavy atom. The van der Waals surface area contributed by atoms with Crippen LogP contribution < -0.4 is 15.1 Å². The first kappa shape index (κ1) is 17.9. The molecule has 2 heterocycles. The summed E-state index contributed by atoms with van der Waals surface area (Å²) in [5.41, 5.74) is 3.10. The molecule has 2 aromatic carbocycles. The number of hydrogen-bond acceptors (Lipinski definition) is 5. The van der Waals surface area contributed by atoms with Crippen molar-refractivity contribution < 1.29 is 4.39 Å². The van der Waals surface area contributed by atoms with Crippen molar-refractivity contribution in [2.75, 3.05) is 41.3 Å². The maximum Gasteiger partial charge on any atom is 0.227 e. The minimum atomic E-state index is -0.200. The summed E-state index contributed by atoms with van der Waals surface area (Å²) < 4.78 is 13.2. The van der Waals surface area contributed by atoms with Crippen LogP contribution in [0.3, 0.4) is 0 Å². The normalized spacial score (nSPS) is 16.7. The van der Waals surface area contributed by atoms with Gasteiger partial charge in [0.05, 0.1) is 5.69 Å². The molecule has 0 radical (unpaired) electrons. The first-order valence-electron chi connectivity index (χ1n) is 10.2. The summed E-state index contributed by atoms with van der Waals surface area (Å²) in [6.45, 7) is 3.38. The van der Waals surface area contributed by atoms with Gasteiger partial charge in [-0.2, -0.15) is 4.98 Å². The van der Waals surface area contributed by atoms with E-state index in [1.54, 1.807) is 0 Å². The van der Waals surface area contributed by atoms with Crippen LogP contribution in [-0.2, 0) is 0 Å². The minimum Gasteiger partial charge on any atom is -0.368 e. The zero-order valence-electron chi connectivity index (χ0n) is 16.3. The lowest BCUT2D eigenvalue weighted by Crippen LogP contribution is -2.47. The van der Waals surface area contributed by atoms with Gasteiger partial charge in [-0.1, -0.05) is 30.3 Å². The SMILES string of the molecule is Fc1ccc(N2CCN(c3nc(NC4CC4)cc(-c4ccccc4)n3)CC2)cc1. The predicted molar refractivity (Wildman–Crippen MR) is 115 cm³/mol. The Labute approximate surface area is 170 Å². The number of nitrogens with one attached hydrogen (secondary N) is 1. The van der Waals surface area contributed by atoms with Crippen molar-refractivity contribution in [3.63, 3.8) is 0 Å². The summed E-state index contributed by atoms with van der Waals surface area (Å²) in [6.07, 6.45) is 2.41. The molecule has 0 amide bonds. The van der Waals surface area contributed by atoms with Crippen LogP contribution in [0.2, 0.25) is 0 Å². The van der Waals surface area contributed by atoms with E-state index >= 15 is 0 Å². The molecule has 5 rings (SSSR count). The van der Waals surface area contributed by atoms with Crippen molar-refractivity contribution in [3.8, 4) is 11.3 Å². The van der Waals surface area contributed by atoms with Gasteiger partial charge in [-0.25, -0.2) is 9.37 Å². The smallest absolute Gasteiger partial charge is 0.227 e. The van der Waals surface area contributed by atoms with Crippen LogP contribution in [-0.4, -0.2) is 42.2 Å². The Hall–Kier alpha value is -3.15. The Balaban J connectivity index is 1.36. The summed E-state index contributed by atoms with van der Waals surface area (Å²) in [6, 6.07) is 19.6. The third-order valence-electron chi connectivity index (χ3n) is 5.47. The van der Waals surface area contributed by atoms with Gasteiger partial charge < -0.3 is 15.1 Å². The third kappa shape index (κ3) is 4.16. The summed E-state index contributed by atoms with van der Waals surface area (Å²) in [4.78, 5) is 14.2. The van der Waals surface area contributed by atoms with Crippen molar-refractivity contribution in [3.05, 3.63) is 66.5 Å². The van der Waals surface area contributed by atoms with E-state index < -0.39 is 0 Å². The lowest BCUT2D eigenvalue weighted by atomic mass is 10.1. The molecule has 1 aliphatic heterocycles. The van der Waals surface area contributed by atoms with E-state index in [2.05, 4.69) is 27.2 Å². The fourth-order valence-electron chi connectivity index (χ4n) is 3.66. The summed E-state index contributed by atoms with van der Waals surface area (Å²) >= 11 is 0. The van der Waals surface area contributed by atoms with Crippen molar-refractivity contribution in [1.29, 1.82) is 0 Å². The van der Waals surface area contributed by atoms with Gasteiger partial charge in [0.25, 0.3) is 0 Å². The summed E-state index contributed by atoms with van der Waals surface area (Å²) in [7, 11) is 0. The number of piperazine rings is 1. The molecule has 0 unspecified atom stereocenters. The van der Waals surface area contributed by atoms with Crippen LogP contribution in [0.1, 0.15) is 12.8 Å². The lowest BCUT2D eigenvalue weighted by Gasteiger charge is -2.36. The summed E-state index contributed by atoms with van der Waals surface area (Å²) in [5.74, 6) is 1.47. The molecule has 1 aromatic heterocycles. The number of rotatable bonds is 5. The monoisotopic (exact) mass is 389 g/mol. The van der Waals surface area contributed by atoms with E-state index in [1.165, 1.54) is 25.0 Å². The molecule has 1 saturated carbocycles. The van der Waals surface area contributed by atoms with Crippen molar-refractivity contribution in [2.24, 2.45) is 0 Å². The van der Waals surface area contributed by atoms with Gasteiger partial charge in [-0.05, 0) is 37.1 Å². The van der Waals surface area contributed by atoms with Gasteiger partial charge in [0.1, 0.15) is 11.6 Å². The number of nitrogens with zero attached hydrogens (tertiary/aromatic N) is 4. The average molecular weight is 389 g/mol. The van der Waals surface area contributed by atoms with Gasteiger partial charge in [0.15, 0.2) is 0 Å². The largest absolute Gasteiger partial charge is 0.368 e. The molecule has 0 bridgehead atoms. The number of hydrogen-bond donors (Lipinski definition) is 1. The van der Waals surface area contributed by atoms with E-state index in [9.17, 15) is 4.39 Å². The second-order valence-electron chi connectivity index (χ2n) is 7.67. The molecule has 0 spiro atoms. The first-order valence-corrected chi connectivity index (χ1v) is 10.2. The second-order valence-corrected chi connectivity index (χ2v) is 7.67. The van der Waals surface area contributed by atoms with Crippen LogP contribution in [0.5, 0.6) is 0 Å². The molecule has 1 N–H and O–H groups in total. The molecular weight excluding hydrogens is 365 g/mol. The van der Waals surface area contributed by atoms with E-state index in [-0.39, 0.29) is 5.82 Å². The molecule has 5 nitrogen and oxygen atoms in total. The maximum atomic E-state index is 13.2. The molecule has 29 heavy (non-hydrogen) atoms. The Morgan fingerprint density at radius 1 is 0.828 bits per heavy atom. The van der Waals surface area contributed by atoms with Gasteiger partial charge in [0, 0.05) is 49.5 Å². The molecule has 148 valence electrons. The second kappa shape index (κ2) is 7.70. The lowest BCUT2D eigenvalue weighted by molar-refractivity contribution is 0.623. The van der Waals surface area contributed by atoms with Crippen molar-refractivity contribution in [1.82, 2.24) is 9.97 Å². The van der Waals surface area contributed by atoms with Gasteiger partial charge >= 0.3 is 0 Å². The fourth-order valence-corrected chi connectivity index (χ4v) is 3.66. The molecule has 1 saturated heterocycles. The highest BCUT2D eigenvalue weighted by Crippen LogP contribution is 2.28. The molecule has 0 atom stereocenters. The van der Waals surface area contributed by atoms with Crippen molar-refractivity contribution in [2.45, 2.75) is 18.9 Å². The van der Waals surface area contributed by atoms with E-state index in [4.69, 9.17) is 9.97 Å². The highest BCUT2D eigenvalue weighted by molar-refractivity contribution is 5.65. The molecule has 1 aliphatic carbocycles. The van der Waals surface area contributed by atoms with Crippen LogP contribution >= 0.6 is 0 Å². The quantitative estimate of drug-likeness (QED) is 0.709. The van der Waals surface area contributed by atoms with E-state index in [0.717, 1.165) is 54.9 Å².